The van der Waals surface area contributed by atoms with Crippen LogP contribution in [0.3, 0.4) is 0 Å². The predicted molar refractivity (Wildman–Crippen MR) is 96.1 cm³/mol. The number of hydrogen-bond acceptors (Lipinski definition) is 0. The van der Waals surface area contributed by atoms with Gasteiger partial charge >= 0.3 is 0 Å². The average molecular weight is 332 g/mol. The van der Waals surface area contributed by atoms with Gasteiger partial charge in [-0.15, -0.1) is 6.58 Å². The van der Waals surface area contributed by atoms with E-state index in [0.717, 1.165) is 30.6 Å². The molecule has 132 valence electrons. The largest absolute Gasteiger partial charge is 0.203 e. The zero-order valence-corrected chi connectivity index (χ0v) is 14.9. The summed E-state index contributed by atoms with van der Waals surface area (Å²) >= 11 is 0. The van der Waals surface area contributed by atoms with Crippen LogP contribution in [0.25, 0.3) is 0 Å². The molecule has 0 N–H and O–H groups in total. The van der Waals surface area contributed by atoms with Crippen molar-refractivity contribution in [2.24, 2.45) is 17.8 Å². The second-order valence-electron chi connectivity index (χ2n) is 8.07. The number of benzene rings is 1. The molecule has 0 aromatic heterocycles. The topological polar surface area (TPSA) is 0 Å². The van der Waals surface area contributed by atoms with Crippen LogP contribution in [0.2, 0.25) is 0 Å². The van der Waals surface area contributed by atoms with E-state index >= 15 is 0 Å². The van der Waals surface area contributed by atoms with Crippen LogP contribution in [0.15, 0.2) is 24.8 Å². The van der Waals surface area contributed by atoms with E-state index in [4.69, 9.17) is 0 Å². The minimum Gasteiger partial charge on any atom is -0.203 e. The van der Waals surface area contributed by atoms with Crippen LogP contribution in [-0.2, 0) is 6.42 Å². The van der Waals surface area contributed by atoms with Gasteiger partial charge < -0.3 is 0 Å². The Hall–Kier alpha value is -1.18. The van der Waals surface area contributed by atoms with E-state index in [9.17, 15) is 8.78 Å². The minimum absolute atomic E-state index is 0.191. The highest BCUT2D eigenvalue weighted by molar-refractivity contribution is 5.30. The van der Waals surface area contributed by atoms with Crippen LogP contribution < -0.4 is 0 Å². The molecule has 0 radical (unpaired) electrons. The van der Waals surface area contributed by atoms with Crippen molar-refractivity contribution < 1.29 is 8.78 Å². The lowest BCUT2D eigenvalue weighted by Gasteiger charge is -2.37. The number of allylic oxidation sites excluding steroid dienone is 1. The van der Waals surface area contributed by atoms with Crippen molar-refractivity contribution in [2.45, 2.75) is 70.6 Å². The highest BCUT2D eigenvalue weighted by atomic mass is 19.2. The fraction of sp³-hybridized carbons (Fsp3) is 0.636. The molecule has 3 rings (SSSR count). The van der Waals surface area contributed by atoms with Crippen molar-refractivity contribution in [1.29, 1.82) is 0 Å². The van der Waals surface area contributed by atoms with Crippen molar-refractivity contribution in [3.8, 4) is 0 Å². The van der Waals surface area contributed by atoms with E-state index in [0.29, 0.717) is 17.5 Å². The molecule has 0 bridgehead atoms. The first-order valence-corrected chi connectivity index (χ1v) is 9.67. The molecule has 0 spiro atoms. The van der Waals surface area contributed by atoms with Gasteiger partial charge in [0.05, 0.1) is 0 Å². The summed E-state index contributed by atoms with van der Waals surface area (Å²) in [6.07, 6.45) is 11.9. The molecule has 0 amide bonds. The molecular formula is C22H30F2. The van der Waals surface area contributed by atoms with Crippen LogP contribution in [0.1, 0.15) is 75.3 Å². The van der Waals surface area contributed by atoms with Crippen molar-refractivity contribution in [3.05, 3.63) is 47.5 Å². The SMILES string of the molecule is C=CCc1ccc(C2CCC(C3CCC(C)CC3)CC2)c(F)c1F. The van der Waals surface area contributed by atoms with E-state index in [-0.39, 0.29) is 5.92 Å². The summed E-state index contributed by atoms with van der Waals surface area (Å²) in [6, 6.07) is 3.55. The van der Waals surface area contributed by atoms with E-state index in [1.54, 1.807) is 12.1 Å². The van der Waals surface area contributed by atoms with E-state index in [2.05, 4.69) is 13.5 Å². The molecule has 2 aliphatic carbocycles. The van der Waals surface area contributed by atoms with Crippen LogP contribution in [0, 0.1) is 29.4 Å². The molecule has 1 aromatic carbocycles. The Morgan fingerprint density at radius 2 is 1.50 bits per heavy atom. The molecule has 1 aromatic rings. The Morgan fingerprint density at radius 1 is 0.917 bits per heavy atom. The summed E-state index contributed by atoms with van der Waals surface area (Å²) < 4.78 is 28.6. The predicted octanol–water partition coefficient (Wildman–Crippen LogP) is 6.79. The Labute approximate surface area is 145 Å². The van der Waals surface area contributed by atoms with Gasteiger partial charge in [-0.3, -0.25) is 0 Å². The summed E-state index contributed by atoms with van der Waals surface area (Å²) in [6.45, 7) is 5.97. The van der Waals surface area contributed by atoms with Crippen molar-refractivity contribution in [3.63, 3.8) is 0 Å². The molecule has 0 heterocycles. The minimum atomic E-state index is -0.671. The van der Waals surface area contributed by atoms with Gasteiger partial charge in [0, 0.05) is 0 Å². The van der Waals surface area contributed by atoms with E-state index in [1.165, 1.54) is 38.5 Å². The summed E-state index contributed by atoms with van der Waals surface area (Å²) in [5.41, 5.74) is 1.01. The summed E-state index contributed by atoms with van der Waals surface area (Å²) in [5, 5.41) is 0. The quantitative estimate of drug-likeness (QED) is 0.532. The van der Waals surface area contributed by atoms with Crippen LogP contribution >= 0.6 is 0 Å². The summed E-state index contributed by atoms with van der Waals surface area (Å²) in [5.74, 6) is 1.47. The van der Waals surface area contributed by atoms with Gasteiger partial charge in [-0.1, -0.05) is 38.0 Å². The monoisotopic (exact) mass is 332 g/mol. The highest BCUT2D eigenvalue weighted by Crippen LogP contribution is 2.44. The maximum Gasteiger partial charge on any atom is 0.162 e. The second-order valence-corrected chi connectivity index (χ2v) is 8.07. The van der Waals surface area contributed by atoms with Crippen molar-refractivity contribution in [1.82, 2.24) is 0 Å². The normalized spacial score (nSPS) is 31.0. The third-order valence-electron chi connectivity index (χ3n) is 6.50. The lowest BCUT2D eigenvalue weighted by Crippen LogP contribution is -2.25. The van der Waals surface area contributed by atoms with Crippen LogP contribution in [-0.4, -0.2) is 0 Å². The summed E-state index contributed by atoms with van der Waals surface area (Å²) in [7, 11) is 0. The third-order valence-corrected chi connectivity index (χ3v) is 6.50. The van der Waals surface area contributed by atoms with Crippen molar-refractivity contribution >= 4 is 0 Å². The molecule has 0 aliphatic heterocycles. The number of halogens is 2. The van der Waals surface area contributed by atoms with Gasteiger partial charge in [-0.05, 0) is 79.7 Å². The zero-order chi connectivity index (χ0) is 17.1. The molecule has 0 nitrogen and oxygen atoms in total. The lowest BCUT2D eigenvalue weighted by molar-refractivity contribution is 0.164. The Kier molecular flexibility index (Phi) is 5.73. The molecule has 0 atom stereocenters. The molecule has 0 saturated heterocycles. The first-order valence-electron chi connectivity index (χ1n) is 9.67. The Bertz CT molecular complexity index is 562. The highest BCUT2D eigenvalue weighted by Gasteiger charge is 2.31. The fourth-order valence-electron chi connectivity index (χ4n) is 4.89. The molecule has 2 heteroatoms. The fourth-order valence-corrected chi connectivity index (χ4v) is 4.89. The Balaban J connectivity index is 1.62. The van der Waals surface area contributed by atoms with Gasteiger partial charge in [0.15, 0.2) is 11.6 Å². The lowest BCUT2D eigenvalue weighted by atomic mass is 9.68. The van der Waals surface area contributed by atoms with Crippen LogP contribution in [0.5, 0.6) is 0 Å². The average Bonchev–Trinajstić information content (AvgIpc) is 2.60. The third kappa shape index (κ3) is 3.73. The smallest absolute Gasteiger partial charge is 0.162 e. The standard InChI is InChI=1S/C22H30F2/c1-3-4-19-13-14-20(22(24)21(19)23)18-11-9-17(10-12-18)16-7-5-15(2)6-8-16/h3,13-18H,1,4-12H2,2H3. The molecule has 2 saturated carbocycles. The molecule has 2 fully saturated rings. The van der Waals surface area contributed by atoms with Gasteiger partial charge in [0.25, 0.3) is 0 Å². The van der Waals surface area contributed by atoms with Gasteiger partial charge in [0.1, 0.15) is 0 Å². The molecule has 0 unspecified atom stereocenters. The zero-order valence-electron chi connectivity index (χ0n) is 14.9. The Morgan fingerprint density at radius 3 is 2.08 bits per heavy atom. The van der Waals surface area contributed by atoms with E-state index in [1.807, 2.05) is 6.07 Å². The number of hydrogen-bond donors (Lipinski definition) is 0. The molecule has 24 heavy (non-hydrogen) atoms. The van der Waals surface area contributed by atoms with E-state index < -0.39 is 11.6 Å². The second kappa shape index (κ2) is 7.80. The van der Waals surface area contributed by atoms with Gasteiger partial charge in [-0.25, -0.2) is 8.78 Å². The summed E-state index contributed by atoms with van der Waals surface area (Å²) in [4.78, 5) is 0. The maximum absolute atomic E-state index is 14.5. The molecular weight excluding hydrogens is 302 g/mol. The number of rotatable bonds is 4. The maximum atomic E-state index is 14.5. The first kappa shape index (κ1) is 17.6. The van der Waals surface area contributed by atoms with Gasteiger partial charge in [-0.2, -0.15) is 0 Å². The molecule has 2 aliphatic rings. The van der Waals surface area contributed by atoms with Gasteiger partial charge in [0.2, 0.25) is 0 Å². The first-order chi connectivity index (χ1) is 11.6. The van der Waals surface area contributed by atoms with Crippen LogP contribution in [0.4, 0.5) is 8.78 Å². The van der Waals surface area contributed by atoms with Crippen molar-refractivity contribution in [2.75, 3.05) is 0 Å².